The molecular weight excluding hydrogens is 408 g/mol. The molecule has 2 saturated heterocycles. The minimum atomic E-state index is -3.65. The Morgan fingerprint density at radius 2 is 1.77 bits per heavy atom. The molecule has 30 heavy (non-hydrogen) atoms. The number of nitrogens with zero attached hydrogens (tertiary/aromatic N) is 4. The summed E-state index contributed by atoms with van der Waals surface area (Å²) in [7, 11) is -0.194. The first-order valence-corrected chi connectivity index (χ1v) is 11.6. The molecular formula is C20H30N4O5S. The van der Waals surface area contributed by atoms with Crippen molar-refractivity contribution >= 4 is 21.8 Å². The molecule has 0 atom stereocenters. The smallest absolute Gasteiger partial charge is 0.253 e. The van der Waals surface area contributed by atoms with Gasteiger partial charge in [0.1, 0.15) is 0 Å². The lowest BCUT2D eigenvalue weighted by atomic mass is 10.2. The van der Waals surface area contributed by atoms with E-state index in [4.69, 9.17) is 4.74 Å². The monoisotopic (exact) mass is 438 g/mol. The van der Waals surface area contributed by atoms with Crippen molar-refractivity contribution in [1.29, 1.82) is 0 Å². The molecule has 2 amide bonds. The lowest BCUT2D eigenvalue weighted by Gasteiger charge is -2.26. The van der Waals surface area contributed by atoms with E-state index in [1.54, 1.807) is 36.0 Å². The number of carbonyl (C=O) groups is 2. The van der Waals surface area contributed by atoms with Crippen LogP contribution in [-0.2, 0) is 19.6 Å². The Balaban J connectivity index is 1.68. The van der Waals surface area contributed by atoms with Crippen molar-refractivity contribution in [2.45, 2.75) is 11.3 Å². The molecule has 2 aliphatic rings. The largest absolute Gasteiger partial charge is 0.379 e. The number of hydrogen-bond donors (Lipinski definition) is 0. The summed E-state index contributed by atoms with van der Waals surface area (Å²) in [6, 6.07) is 6.25. The molecule has 3 rings (SSSR count). The van der Waals surface area contributed by atoms with E-state index in [0.717, 1.165) is 13.0 Å². The second kappa shape index (κ2) is 9.86. The van der Waals surface area contributed by atoms with Gasteiger partial charge in [-0.2, -0.15) is 4.31 Å². The third kappa shape index (κ3) is 5.37. The first kappa shape index (κ1) is 22.7. The van der Waals surface area contributed by atoms with E-state index in [1.165, 1.54) is 16.4 Å². The van der Waals surface area contributed by atoms with Crippen LogP contribution in [0.4, 0.5) is 0 Å². The van der Waals surface area contributed by atoms with Crippen LogP contribution in [0, 0.1) is 0 Å². The van der Waals surface area contributed by atoms with Crippen LogP contribution in [0.3, 0.4) is 0 Å². The Morgan fingerprint density at radius 1 is 1.03 bits per heavy atom. The summed E-state index contributed by atoms with van der Waals surface area (Å²) in [6.45, 7) is 4.14. The zero-order valence-electron chi connectivity index (χ0n) is 17.6. The lowest BCUT2D eigenvalue weighted by molar-refractivity contribution is -0.129. The van der Waals surface area contributed by atoms with Crippen LogP contribution < -0.4 is 0 Å². The highest BCUT2D eigenvalue weighted by Gasteiger charge is 2.28. The van der Waals surface area contributed by atoms with E-state index in [9.17, 15) is 18.0 Å². The summed E-state index contributed by atoms with van der Waals surface area (Å²) < 4.78 is 32.4. The highest BCUT2D eigenvalue weighted by molar-refractivity contribution is 7.89. The van der Waals surface area contributed by atoms with E-state index in [2.05, 4.69) is 4.90 Å². The second-order valence-electron chi connectivity index (χ2n) is 7.75. The molecule has 1 aromatic carbocycles. The minimum Gasteiger partial charge on any atom is -0.379 e. The van der Waals surface area contributed by atoms with E-state index in [0.29, 0.717) is 58.0 Å². The van der Waals surface area contributed by atoms with Crippen LogP contribution in [0.1, 0.15) is 16.8 Å². The van der Waals surface area contributed by atoms with Gasteiger partial charge in [0.2, 0.25) is 15.9 Å². The topological polar surface area (TPSA) is 90.5 Å². The number of hydrogen-bond acceptors (Lipinski definition) is 6. The third-order valence-corrected chi connectivity index (χ3v) is 7.32. The summed E-state index contributed by atoms with van der Waals surface area (Å²) in [5.74, 6) is -0.148. The summed E-state index contributed by atoms with van der Waals surface area (Å²) in [5, 5.41) is 0. The van der Waals surface area contributed by atoms with Gasteiger partial charge < -0.3 is 14.5 Å². The molecule has 0 unspecified atom stereocenters. The fraction of sp³-hybridized carbons (Fsp3) is 0.600. The molecule has 0 aliphatic carbocycles. The van der Waals surface area contributed by atoms with Crippen LogP contribution in [0.2, 0.25) is 0 Å². The first-order valence-electron chi connectivity index (χ1n) is 10.2. The third-order valence-electron chi connectivity index (χ3n) is 5.42. The molecule has 1 aromatic rings. The van der Waals surface area contributed by atoms with Crippen LogP contribution in [-0.4, -0.2) is 112 Å². The summed E-state index contributed by atoms with van der Waals surface area (Å²) in [5.41, 5.74) is 0.363. The van der Waals surface area contributed by atoms with Gasteiger partial charge in [0.15, 0.2) is 0 Å². The van der Waals surface area contributed by atoms with Gasteiger partial charge in [-0.25, -0.2) is 8.42 Å². The zero-order valence-corrected chi connectivity index (χ0v) is 18.4. The standard InChI is InChI=1S/C20H30N4O5S/c1-21(2)19(25)16-22-7-4-8-23(10-9-22)20(26)17-5-3-6-18(15-17)30(27,28)24-11-13-29-14-12-24/h3,5-6,15H,4,7-14,16H2,1-2H3. The Bertz CT molecular complexity index is 868. The highest BCUT2D eigenvalue weighted by atomic mass is 32.2. The summed E-state index contributed by atoms with van der Waals surface area (Å²) in [6.07, 6.45) is 0.762. The van der Waals surface area contributed by atoms with Crippen LogP contribution in [0.15, 0.2) is 29.2 Å². The normalized spacial score (nSPS) is 19.3. The lowest BCUT2D eigenvalue weighted by Crippen LogP contribution is -2.41. The van der Waals surface area contributed by atoms with Gasteiger partial charge in [0.05, 0.1) is 24.7 Å². The van der Waals surface area contributed by atoms with E-state index in [-0.39, 0.29) is 16.7 Å². The summed E-state index contributed by atoms with van der Waals surface area (Å²) >= 11 is 0. The van der Waals surface area contributed by atoms with Crippen molar-refractivity contribution in [3.63, 3.8) is 0 Å². The van der Waals surface area contributed by atoms with Crippen LogP contribution in [0.5, 0.6) is 0 Å². The molecule has 9 nitrogen and oxygen atoms in total. The molecule has 0 saturated carbocycles. The van der Waals surface area contributed by atoms with Gasteiger partial charge in [-0.05, 0) is 24.6 Å². The molecule has 2 heterocycles. The van der Waals surface area contributed by atoms with Crippen molar-refractivity contribution in [3.8, 4) is 0 Å². The molecule has 0 N–H and O–H groups in total. The molecule has 0 aromatic heterocycles. The van der Waals surface area contributed by atoms with E-state index in [1.807, 2.05) is 0 Å². The molecule has 0 spiro atoms. The number of benzene rings is 1. The molecule has 0 radical (unpaired) electrons. The Morgan fingerprint density at radius 3 is 2.47 bits per heavy atom. The van der Waals surface area contributed by atoms with Gasteiger partial charge in [-0.15, -0.1) is 0 Å². The molecule has 2 aliphatic heterocycles. The second-order valence-corrected chi connectivity index (χ2v) is 9.69. The predicted molar refractivity (Wildman–Crippen MR) is 112 cm³/mol. The Kier molecular flexibility index (Phi) is 7.45. The van der Waals surface area contributed by atoms with Crippen molar-refractivity contribution < 1.29 is 22.7 Å². The molecule has 10 heteroatoms. The highest BCUT2D eigenvalue weighted by Crippen LogP contribution is 2.19. The Labute approximate surface area is 178 Å². The number of carbonyl (C=O) groups excluding carboxylic acids is 2. The maximum atomic E-state index is 13.0. The zero-order chi connectivity index (χ0) is 21.7. The fourth-order valence-corrected chi connectivity index (χ4v) is 5.03. The number of amides is 2. The maximum absolute atomic E-state index is 13.0. The van der Waals surface area contributed by atoms with Crippen LogP contribution >= 0.6 is 0 Å². The van der Waals surface area contributed by atoms with E-state index >= 15 is 0 Å². The van der Waals surface area contributed by atoms with Crippen molar-refractivity contribution in [2.75, 3.05) is 73.1 Å². The van der Waals surface area contributed by atoms with Gasteiger partial charge in [0.25, 0.3) is 5.91 Å². The van der Waals surface area contributed by atoms with Crippen LogP contribution in [0.25, 0.3) is 0 Å². The number of rotatable bonds is 5. The molecule has 166 valence electrons. The minimum absolute atomic E-state index is 0.0378. The van der Waals surface area contributed by atoms with Gasteiger partial charge >= 0.3 is 0 Å². The van der Waals surface area contributed by atoms with Crippen molar-refractivity contribution in [2.24, 2.45) is 0 Å². The number of likely N-dealkylation sites (N-methyl/N-ethyl adjacent to an activating group) is 1. The fourth-order valence-electron chi connectivity index (χ4n) is 3.57. The van der Waals surface area contributed by atoms with E-state index < -0.39 is 10.0 Å². The first-order chi connectivity index (χ1) is 14.3. The Hall–Kier alpha value is -2.01. The number of ether oxygens (including phenoxy) is 1. The van der Waals surface area contributed by atoms with Gasteiger partial charge in [0, 0.05) is 58.9 Å². The molecule has 2 fully saturated rings. The average Bonchev–Trinajstić information content (AvgIpc) is 2.99. The predicted octanol–water partition coefficient (Wildman–Crippen LogP) is -0.0564. The number of morpholine rings is 1. The van der Waals surface area contributed by atoms with Crippen molar-refractivity contribution in [3.05, 3.63) is 29.8 Å². The van der Waals surface area contributed by atoms with Gasteiger partial charge in [-0.1, -0.05) is 6.07 Å². The SMILES string of the molecule is CN(C)C(=O)CN1CCCN(C(=O)c2cccc(S(=O)(=O)N3CCOCC3)c2)CC1. The molecule has 0 bridgehead atoms. The van der Waals surface area contributed by atoms with Crippen molar-refractivity contribution in [1.82, 2.24) is 19.0 Å². The number of sulfonamides is 1. The van der Waals surface area contributed by atoms with Gasteiger partial charge in [-0.3, -0.25) is 14.5 Å². The quantitative estimate of drug-likeness (QED) is 0.640. The summed E-state index contributed by atoms with van der Waals surface area (Å²) in [4.78, 5) is 30.5. The maximum Gasteiger partial charge on any atom is 0.253 e. The average molecular weight is 439 g/mol.